The zero-order chi connectivity index (χ0) is 19.5. The van der Waals surface area contributed by atoms with Crippen molar-refractivity contribution in [2.75, 3.05) is 13.2 Å². The molecule has 4 rings (SSSR count). The van der Waals surface area contributed by atoms with Crippen LogP contribution >= 0.6 is 11.3 Å². The van der Waals surface area contributed by atoms with Crippen molar-refractivity contribution in [2.24, 2.45) is 0 Å². The number of hydrogen-bond donors (Lipinski definition) is 1. The monoisotopic (exact) mass is 391 g/mol. The lowest BCUT2D eigenvalue weighted by molar-refractivity contribution is 0.0711. The smallest absolute Gasteiger partial charge is 0.266 e. The maximum Gasteiger partial charge on any atom is 0.266 e. The van der Waals surface area contributed by atoms with Gasteiger partial charge in [-0.3, -0.25) is 9.20 Å². The molecule has 0 atom stereocenters. The molecule has 0 aliphatic heterocycles. The lowest BCUT2D eigenvalue weighted by atomic mass is 10.2. The summed E-state index contributed by atoms with van der Waals surface area (Å²) < 4.78 is 1.97. The van der Waals surface area contributed by atoms with E-state index in [-0.39, 0.29) is 12.5 Å². The van der Waals surface area contributed by atoms with Gasteiger partial charge in [-0.15, -0.1) is 0 Å². The molecule has 1 N–H and O–H groups in total. The average molecular weight is 391 g/mol. The Labute approximate surface area is 167 Å². The Balaban J connectivity index is 1.64. The molecule has 0 saturated carbocycles. The third kappa shape index (κ3) is 3.56. The van der Waals surface area contributed by atoms with Crippen molar-refractivity contribution in [2.45, 2.75) is 13.5 Å². The maximum atomic E-state index is 13.2. The molecule has 2 aromatic heterocycles. The fourth-order valence-corrected chi connectivity index (χ4v) is 4.29. The van der Waals surface area contributed by atoms with Gasteiger partial charge in [-0.1, -0.05) is 72.0 Å². The molecule has 6 heteroatoms. The number of thiazole rings is 1. The Morgan fingerprint density at radius 1 is 1.11 bits per heavy atom. The van der Waals surface area contributed by atoms with E-state index in [1.54, 1.807) is 4.90 Å². The van der Waals surface area contributed by atoms with Crippen LogP contribution in [0, 0.1) is 6.92 Å². The minimum absolute atomic E-state index is 0.0711. The van der Waals surface area contributed by atoms with E-state index in [0.29, 0.717) is 18.0 Å². The fraction of sp³-hybridized carbons (Fsp3) is 0.182. The summed E-state index contributed by atoms with van der Waals surface area (Å²) in [5.41, 5.74) is 3.85. The van der Waals surface area contributed by atoms with Crippen LogP contribution in [-0.4, -0.2) is 38.4 Å². The molecule has 142 valence electrons. The van der Waals surface area contributed by atoms with Gasteiger partial charge in [0.25, 0.3) is 5.91 Å². The molecule has 0 aliphatic carbocycles. The van der Waals surface area contributed by atoms with E-state index in [2.05, 4.69) is 0 Å². The summed E-state index contributed by atoms with van der Waals surface area (Å²) in [5.74, 6) is -0.0767. The van der Waals surface area contributed by atoms with E-state index in [1.807, 2.05) is 78.2 Å². The molecule has 0 aliphatic rings. The number of nitrogens with zero attached hydrogens (tertiary/aromatic N) is 3. The summed E-state index contributed by atoms with van der Waals surface area (Å²) in [4.78, 5) is 21.0. The number of aliphatic hydroxyl groups is 1. The molecule has 0 saturated heterocycles. The van der Waals surface area contributed by atoms with Crippen LogP contribution in [-0.2, 0) is 6.54 Å². The van der Waals surface area contributed by atoms with Crippen LogP contribution in [0.2, 0.25) is 0 Å². The van der Waals surface area contributed by atoms with E-state index < -0.39 is 0 Å². The molecule has 28 heavy (non-hydrogen) atoms. The van der Waals surface area contributed by atoms with E-state index in [4.69, 9.17) is 4.98 Å². The van der Waals surface area contributed by atoms with Gasteiger partial charge in [0.15, 0.2) is 4.96 Å². The predicted octanol–water partition coefficient (Wildman–Crippen LogP) is 4.01. The highest BCUT2D eigenvalue weighted by molar-refractivity contribution is 7.19. The topological polar surface area (TPSA) is 57.8 Å². The number of amides is 1. The molecule has 4 aromatic rings. The van der Waals surface area contributed by atoms with Crippen molar-refractivity contribution >= 4 is 22.2 Å². The highest BCUT2D eigenvalue weighted by Gasteiger charge is 2.23. The van der Waals surface area contributed by atoms with Gasteiger partial charge in [-0.25, -0.2) is 4.98 Å². The SMILES string of the molecule is Cc1c(C(=O)N(CCO)Cc2ccccc2)sc2nc(-c3ccccc3)cn12. The van der Waals surface area contributed by atoms with E-state index in [1.165, 1.54) is 11.3 Å². The highest BCUT2D eigenvalue weighted by atomic mass is 32.1. The van der Waals surface area contributed by atoms with Crippen LogP contribution in [0.1, 0.15) is 20.9 Å². The van der Waals surface area contributed by atoms with Crippen molar-refractivity contribution in [1.82, 2.24) is 14.3 Å². The highest BCUT2D eigenvalue weighted by Crippen LogP contribution is 2.28. The van der Waals surface area contributed by atoms with Gasteiger partial charge in [0.05, 0.1) is 12.3 Å². The van der Waals surface area contributed by atoms with Gasteiger partial charge in [-0.05, 0) is 12.5 Å². The van der Waals surface area contributed by atoms with Crippen molar-refractivity contribution in [3.63, 3.8) is 0 Å². The van der Waals surface area contributed by atoms with Gasteiger partial charge >= 0.3 is 0 Å². The standard InChI is InChI=1S/C22H21N3O2S/c1-16-20(21(27)24(12-13-26)14-17-8-4-2-5-9-17)28-22-23-19(15-25(16)22)18-10-6-3-7-11-18/h2-11,15,26H,12-14H2,1H3. The predicted molar refractivity (Wildman–Crippen MR) is 112 cm³/mol. The second-order valence-corrected chi connectivity index (χ2v) is 7.57. The molecule has 0 spiro atoms. The molecule has 0 fully saturated rings. The van der Waals surface area contributed by atoms with Crippen molar-refractivity contribution < 1.29 is 9.90 Å². The first-order chi connectivity index (χ1) is 13.7. The summed E-state index contributed by atoms with van der Waals surface area (Å²) in [7, 11) is 0. The molecular weight excluding hydrogens is 370 g/mol. The molecule has 0 bridgehead atoms. The number of carbonyl (C=O) groups excluding carboxylic acids is 1. The first-order valence-electron chi connectivity index (χ1n) is 9.15. The number of imidazole rings is 1. The van der Waals surface area contributed by atoms with Gasteiger partial charge < -0.3 is 10.0 Å². The van der Waals surface area contributed by atoms with Crippen LogP contribution < -0.4 is 0 Å². The number of benzene rings is 2. The number of rotatable bonds is 6. The Morgan fingerprint density at radius 3 is 2.43 bits per heavy atom. The number of carbonyl (C=O) groups is 1. The summed E-state index contributed by atoms with van der Waals surface area (Å²) in [6.07, 6.45) is 1.97. The number of aromatic nitrogens is 2. The first-order valence-corrected chi connectivity index (χ1v) is 9.97. The minimum Gasteiger partial charge on any atom is -0.395 e. The van der Waals surface area contributed by atoms with Crippen LogP contribution in [0.15, 0.2) is 66.9 Å². The molecule has 2 heterocycles. The van der Waals surface area contributed by atoms with E-state index >= 15 is 0 Å². The molecule has 1 amide bonds. The largest absolute Gasteiger partial charge is 0.395 e. The third-order valence-corrected chi connectivity index (χ3v) is 5.84. The van der Waals surface area contributed by atoms with Crippen molar-refractivity contribution in [1.29, 1.82) is 0 Å². The van der Waals surface area contributed by atoms with Gasteiger partial charge in [0.2, 0.25) is 0 Å². The summed E-state index contributed by atoms with van der Waals surface area (Å²) in [5, 5.41) is 9.43. The second-order valence-electron chi connectivity index (χ2n) is 6.60. The Kier molecular flexibility index (Phi) is 5.23. The number of fused-ring (bicyclic) bond motifs is 1. The van der Waals surface area contributed by atoms with Gasteiger partial charge in [0.1, 0.15) is 4.88 Å². The second kappa shape index (κ2) is 7.96. The van der Waals surface area contributed by atoms with Crippen molar-refractivity contribution in [3.05, 3.63) is 83.0 Å². The molecule has 0 unspecified atom stereocenters. The minimum atomic E-state index is -0.0767. The zero-order valence-electron chi connectivity index (χ0n) is 15.6. The first kappa shape index (κ1) is 18.4. The Bertz CT molecular complexity index is 1090. The molecule has 0 radical (unpaired) electrons. The fourth-order valence-electron chi connectivity index (χ4n) is 3.22. The summed E-state index contributed by atoms with van der Waals surface area (Å²) >= 11 is 1.39. The molecule has 5 nitrogen and oxygen atoms in total. The summed E-state index contributed by atoms with van der Waals surface area (Å²) in [6, 6.07) is 19.8. The number of aliphatic hydroxyl groups excluding tert-OH is 1. The lowest BCUT2D eigenvalue weighted by Gasteiger charge is -2.21. The normalized spacial score (nSPS) is 11.1. The van der Waals surface area contributed by atoms with Crippen LogP contribution in [0.25, 0.3) is 16.2 Å². The molecular formula is C22H21N3O2S. The average Bonchev–Trinajstić information content (AvgIpc) is 3.28. The number of hydrogen-bond acceptors (Lipinski definition) is 4. The number of aryl methyl sites for hydroxylation is 1. The van der Waals surface area contributed by atoms with Crippen LogP contribution in [0.3, 0.4) is 0 Å². The Hall–Kier alpha value is -2.96. The van der Waals surface area contributed by atoms with E-state index in [9.17, 15) is 9.90 Å². The zero-order valence-corrected chi connectivity index (χ0v) is 16.4. The van der Waals surface area contributed by atoms with Crippen LogP contribution in [0.4, 0.5) is 0 Å². The van der Waals surface area contributed by atoms with Gasteiger partial charge in [0, 0.05) is 30.5 Å². The van der Waals surface area contributed by atoms with Gasteiger partial charge in [-0.2, -0.15) is 0 Å². The lowest BCUT2D eigenvalue weighted by Crippen LogP contribution is -2.33. The third-order valence-electron chi connectivity index (χ3n) is 4.69. The van der Waals surface area contributed by atoms with Crippen LogP contribution in [0.5, 0.6) is 0 Å². The maximum absolute atomic E-state index is 13.2. The van der Waals surface area contributed by atoms with E-state index in [0.717, 1.165) is 27.5 Å². The summed E-state index contributed by atoms with van der Waals surface area (Å²) in [6.45, 7) is 2.63. The Morgan fingerprint density at radius 2 is 1.79 bits per heavy atom. The van der Waals surface area contributed by atoms with Crippen molar-refractivity contribution in [3.8, 4) is 11.3 Å². The molecule has 2 aromatic carbocycles. The quantitative estimate of drug-likeness (QED) is 0.540.